The molecule has 15 heavy (non-hydrogen) atoms. The SMILES string of the molecule is CCCCc1cccc(OC)c1C(C)=O. The number of hydrogen-bond acceptors (Lipinski definition) is 2. The maximum absolute atomic E-state index is 11.5. The van der Waals surface area contributed by atoms with Gasteiger partial charge in [0.1, 0.15) is 5.75 Å². The second-order valence-electron chi connectivity index (χ2n) is 3.65. The zero-order valence-electron chi connectivity index (χ0n) is 9.67. The molecule has 0 heterocycles. The summed E-state index contributed by atoms with van der Waals surface area (Å²) in [5.74, 6) is 0.773. The van der Waals surface area contributed by atoms with E-state index in [1.807, 2.05) is 18.2 Å². The fourth-order valence-corrected chi connectivity index (χ4v) is 1.72. The predicted molar refractivity (Wildman–Crippen MR) is 61.6 cm³/mol. The van der Waals surface area contributed by atoms with Crippen LogP contribution in [0.2, 0.25) is 0 Å². The van der Waals surface area contributed by atoms with Crippen LogP contribution in [0.15, 0.2) is 18.2 Å². The molecular formula is C13H18O2. The second kappa shape index (κ2) is 5.54. The predicted octanol–water partition coefficient (Wildman–Crippen LogP) is 3.24. The molecule has 0 saturated heterocycles. The molecule has 1 rings (SSSR count). The topological polar surface area (TPSA) is 26.3 Å². The van der Waals surface area contributed by atoms with Crippen molar-refractivity contribution in [2.24, 2.45) is 0 Å². The fraction of sp³-hybridized carbons (Fsp3) is 0.462. The monoisotopic (exact) mass is 206 g/mol. The Morgan fingerprint density at radius 3 is 2.67 bits per heavy atom. The molecule has 0 fully saturated rings. The molecule has 0 aliphatic heterocycles. The molecule has 0 saturated carbocycles. The molecule has 0 radical (unpaired) electrons. The van der Waals surface area contributed by atoms with E-state index < -0.39 is 0 Å². The summed E-state index contributed by atoms with van der Waals surface area (Å²) in [6, 6.07) is 5.79. The van der Waals surface area contributed by atoms with Crippen LogP contribution in [0.3, 0.4) is 0 Å². The van der Waals surface area contributed by atoms with Crippen molar-refractivity contribution in [2.75, 3.05) is 7.11 Å². The van der Waals surface area contributed by atoms with Crippen molar-refractivity contribution in [1.82, 2.24) is 0 Å². The minimum Gasteiger partial charge on any atom is -0.496 e. The van der Waals surface area contributed by atoms with Gasteiger partial charge in [-0.2, -0.15) is 0 Å². The maximum atomic E-state index is 11.5. The number of aryl methyl sites for hydroxylation is 1. The first-order chi connectivity index (χ1) is 7.20. The van der Waals surface area contributed by atoms with E-state index in [-0.39, 0.29) is 5.78 Å². The van der Waals surface area contributed by atoms with Gasteiger partial charge in [0, 0.05) is 0 Å². The highest BCUT2D eigenvalue weighted by Crippen LogP contribution is 2.24. The molecule has 0 aliphatic carbocycles. The van der Waals surface area contributed by atoms with Crippen molar-refractivity contribution in [3.05, 3.63) is 29.3 Å². The third kappa shape index (κ3) is 2.82. The van der Waals surface area contributed by atoms with Crippen LogP contribution in [-0.2, 0) is 6.42 Å². The first-order valence-electron chi connectivity index (χ1n) is 5.37. The Kier molecular flexibility index (Phi) is 4.35. The number of carbonyl (C=O) groups is 1. The van der Waals surface area contributed by atoms with Gasteiger partial charge < -0.3 is 4.74 Å². The third-order valence-electron chi connectivity index (χ3n) is 2.48. The first-order valence-corrected chi connectivity index (χ1v) is 5.37. The van der Waals surface area contributed by atoms with E-state index in [1.165, 1.54) is 0 Å². The normalized spacial score (nSPS) is 10.1. The Bertz CT molecular complexity index is 342. The molecular weight excluding hydrogens is 188 g/mol. The molecule has 0 bridgehead atoms. The van der Waals surface area contributed by atoms with Gasteiger partial charge in [0.25, 0.3) is 0 Å². The molecule has 2 nitrogen and oxygen atoms in total. The van der Waals surface area contributed by atoms with E-state index in [0.29, 0.717) is 5.75 Å². The van der Waals surface area contributed by atoms with E-state index in [2.05, 4.69) is 6.92 Å². The lowest BCUT2D eigenvalue weighted by atomic mass is 9.98. The van der Waals surface area contributed by atoms with Crippen LogP contribution in [0, 0.1) is 0 Å². The Hall–Kier alpha value is -1.31. The zero-order valence-corrected chi connectivity index (χ0v) is 9.67. The van der Waals surface area contributed by atoms with Crippen LogP contribution >= 0.6 is 0 Å². The number of unbranched alkanes of at least 4 members (excludes halogenated alkanes) is 1. The Balaban J connectivity index is 3.07. The van der Waals surface area contributed by atoms with Crippen LogP contribution in [-0.4, -0.2) is 12.9 Å². The van der Waals surface area contributed by atoms with Gasteiger partial charge in [-0.15, -0.1) is 0 Å². The molecule has 0 unspecified atom stereocenters. The summed E-state index contributed by atoms with van der Waals surface area (Å²) < 4.78 is 5.21. The molecule has 1 aromatic carbocycles. The van der Waals surface area contributed by atoms with Crippen molar-refractivity contribution in [2.45, 2.75) is 33.1 Å². The Morgan fingerprint density at radius 1 is 1.40 bits per heavy atom. The van der Waals surface area contributed by atoms with Crippen molar-refractivity contribution in [1.29, 1.82) is 0 Å². The van der Waals surface area contributed by atoms with Gasteiger partial charge in [0.05, 0.1) is 12.7 Å². The van der Waals surface area contributed by atoms with E-state index in [4.69, 9.17) is 4.74 Å². The lowest BCUT2D eigenvalue weighted by Crippen LogP contribution is -2.03. The lowest BCUT2D eigenvalue weighted by molar-refractivity contribution is 0.101. The van der Waals surface area contributed by atoms with Gasteiger partial charge in [-0.1, -0.05) is 25.5 Å². The van der Waals surface area contributed by atoms with Crippen molar-refractivity contribution in [3.63, 3.8) is 0 Å². The van der Waals surface area contributed by atoms with E-state index in [1.54, 1.807) is 14.0 Å². The van der Waals surface area contributed by atoms with E-state index >= 15 is 0 Å². The van der Waals surface area contributed by atoms with Crippen LogP contribution in [0.25, 0.3) is 0 Å². The molecule has 0 aliphatic rings. The fourth-order valence-electron chi connectivity index (χ4n) is 1.72. The number of Topliss-reactive ketones (excluding diaryl/α,β-unsaturated/α-hetero) is 1. The highest BCUT2D eigenvalue weighted by atomic mass is 16.5. The first kappa shape index (κ1) is 11.8. The minimum atomic E-state index is 0.0820. The van der Waals surface area contributed by atoms with Gasteiger partial charge in [-0.05, 0) is 31.4 Å². The molecule has 0 amide bonds. The van der Waals surface area contributed by atoms with Gasteiger partial charge in [0.2, 0.25) is 0 Å². The highest BCUT2D eigenvalue weighted by molar-refractivity contribution is 5.98. The lowest BCUT2D eigenvalue weighted by Gasteiger charge is -2.10. The van der Waals surface area contributed by atoms with Crippen molar-refractivity contribution >= 4 is 5.78 Å². The van der Waals surface area contributed by atoms with Crippen molar-refractivity contribution < 1.29 is 9.53 Å². The Labute approximate surface area is 91.3 Å². The third-order valence-corrected chi connectivity index (χ3v) is 2.48. The van der Waals surface area contributed by atoms with E-state index in [0.717, 1.165) is 30.4 Å². The summed E-state index contributed by atoms with van der Waals surface area (Å²) in [7, 11) is 1.60. The smallest absolute Gasteiger partial charge is 0.163 e. The van der Waals surface area contributed by atoms with Gasteiger partial charge >= 0.3 is 0 Å². The van der Waals surface area contributed by atoms with Crippen molar-refractivity contribution in [3.8, 4) is 5.75 Å². The number of carbonyl (C=O) groups excluding carboxylic acids is 1. The zero-order chi connectivity index (χ0) is 11.3. The average molecular weight is 206 g/mol. The van der Waals surface area contributed by atoms with Crippen LogP contribution in [0.1, 0.15) is 42.6 Å². The largest absolute Gasteiger partial charge is 0.496 e. The summed E-state index contributed by atoms with van der Waals surface area (Å²) >= 11 is 0. The van der Waals surface area contributed by atoms with Crippen LogP contribution in [0.5, 0.6) is 5.75 Å². The number of benzene rings is 1. The molecule has 1 aromatic rings. The quantitative estimate of drug-likeness (QED) is 0.691. The molecule has 2 heteroatoms. The van der Waals surface area contributed by atoms with Crippen LogP contribution in [0.4, 0.5) is 0 Å². The number of ketones is 1. The summed E-state index contributed by atoms with van der Waals surface area (Å²) in [4.78, 5) is 11.5. The Morgan fingerprint density at radius 2 is 2.13 bits per heavy atom. The van der Waals surface area contributed by atoms with E-state index in [9.17, 15) is 4.79 Å². The number of ether oxygens (including phenoxy) is 1. The highest BCUT2D eigenvalue weighted by Gasteiger charge is 2.12. The van der Waals surface area contributed by atoms with Gasteiger partial charge in [-0.3, -0.25) is 4.79 Å². The number of hydrogen-bond donors (Lipinski definition) is 0. The van der Waals surface area contributed by atoms with Crippen LogP contribution < -0.4 is 4.74 Å². The summed E-state index contributed by atoms with van der Waals surface area (Å²) in [6.07, 6.45) is 3.19. The average Bonchev–Trinajstić information content (AvgIpc) is 2.25. The minimum absolute atomic E-state index is 0.0820. The summed E-state index contributed by atoms with van der Waals surface area (Å²) in [5.41, 5.74) is 1.84. The van der Waals surface area contributed by atoms with Gasteiger partial charge in [0.15, 0.2) is 5.78 Å². The maximum Gasteiger partial charge on any atom is 0.163 e. The second-order valence-corrected chi connectivity index (χ2v) is 3.65. The molecule has 82 valence electrons. The number of methoxy groups -OCH3 is 1. The number of rotatable bonds is 5. The summed E-state index contributed by atoms with van der Waals surface area (Å²) in [5, 5.41) is 0. The summed E-state index contributed by atoms with van der Waals surface area (Å²) in [6.45, 7) is 3.74. The van der Waals surface area contributed by atoms with Gasteiger partial charge in [-0.25, -0.2) is 0 Å². The molecule has 0 atom stereocenters. The standard InChI is InChI=1S/C13H18O2/c1-4-5-7-11-8-6-9-12(15-3)13(11)10(2)14/h6,8-9H,4-5,7H2,1-3H3. The molecule has 0 aromatic heterocycles. The molecule has 0 N–H and O–H groups in total. The molecule has 0 spiro atoms.